The summed E-state index contributed by atoms with van der Waals surface area (Å²) in [5.74, 6) is 0.912. The zero-order valence-electron chi connectivity index (χ0n) is 7.77. The third-order valence-corrected chi connectivity index (χ3v) is 2.57. The van der Waals surface area contributed by atoms with Crippen molar-refractivity contribution in [2.45, 2.75) is 20.3 Å². The average Bonchev–Trinajstić information content (AvgIpc) is 2.52. The number of hydrogen-bond donors (Lipinski definition) is 1. The van der Waals surface area contributed by atoms with Gasteiger partial charge >= 0.3 is 0 Å². The maximum absolute atomic E-state index is 3.40. The fraction of sp³-hybridized carbons (Fsp3) is 1.00. The molecule has 0 radical (unpaired) electrons. The Morgan fingerprint density at radius 1 is 1.36 bits per heavy atom. The van der Waals surface area contributed by atoms with Crippen LogP contribution in [0.2, 0.25) is 0 Å². The highest BCUT2D eigenvalue weighted by Crippen LogP contribution is 2.08. The molecule has 0 aromatic rings. The van der Waals surface area contributed by atoms with Gasteiger partial charge in [0, 0.05) is 6.54 Å². The van der Waals surface area contributed by atoms with E-state index in [4.69, 9.17) is 0 Å². The van der Waals surface area contributed by atoms with Crippen molar-refractivity contribution in [2.75, 3.05) is 32.7 Å². The molecule has 2 nitrogen and oxygen atoms in total. The molecule has 0 spiro atoms. The largest absolute Gasteiger partial charge is 0.316 e. The van der Waals surface area contributed by atoms with Crippen molar-refractivity contribution in [3.8, 4) is 0 Å². The summed E-state index contributed by atoms with van der Waals surface area (Å²) in [6.45, 7) is 10.6. The van der Waals surface area contributed by atoms with E-state index >= 15 is 0 Å². The first-order valence-corrected chi connectivity index (χ1v) is 4.79. The van der Waals surface area contributed by atoms with Crippen molar-refractivity contribution in [2.24, 2.45) is 5.92 Å². The average molecular weight is 156 g/mol. The summed E-state index contributed by atoms with van der Waals surface area (Å²) in [6, 6.07) is 0. The van der Waals surface area contributed by atoms with Gasteiger partial charge in [0.25, 0.3) is 0 Å². The molecule has 0 bridgehead atoms. The summed E-state index contributed by atoms with van der Waals surface area (Å²) < 4.78 is 0. The molecule has 0 aromatic carbocycles. The zero-order valence-corrected chi connectivity index (χ0v) is 7.77. The topological polar surface area (TPSA) is 15.3 Å². The highest BCUT2D eigenvalue weighted by Gasteiger charge is 2.15. The van der Waals surface area contributed by atoms with Gasteiger partial charge in [-0.15, -0.1) is 0 Å². The van der Waals surface area contributed by atoms with Crippen LogP contribution in [0.5, 0.6) is 0 Å². The molecule has 11 heavy (non-hydrogen) atoms. The Hall–Kier alpha value is -0.0800. The molecule has 1 atom stereocenters. The van der Waals surface area contributed by atoms with Crippen LogP contribution in [0.1, 0.15) is 20.3 Å². The van der Waals surface area contributed by atoms with Crippen molar-refractivity contribution in [1.29, 1.82) is 0 Å². The molecule has 2 heteroatoms. The van der Waals surface area contributed by atoms with E-state index < -0.39 is 0 Å². The lowest BCUT2D eigenvalue weighted by Gasteiger charge is -2.21. The van der Waals surface area contributed by atoms with Crippen molar-refractivity contribution in [3.05, 3.63) is 0 Å². The van der Waals surface area contributed by atoms with Crippen LogP contribution in [0.15, 0.2) is 0 Å². The van der Waals surface area contributed by atoms with E-state index in [0.717, 1.165) is 5.92 Å². The molecular weight excluding hydrogens is 136 g/mol. The first-order chi connectivity index (χ1) is 5.36. The Morgan fingerprint density at radius 2 is 2.09 bits per heavy atom. The lowest BCUT2D eigenvalue weighted by molar-refractivity contribution is 0.260. The van der Waals surface area contributed by atoms with Crippen LogP contribution in [0.4, 0.5) is 0 Å². The Balaban J connectivity index is 2.16. The van der Waals surface area contributed by atoms with Gasteiger partial charge in [-0.1, -0.05) is 13.8 Å². The lowest BCUT2D eigenvalue weighted by Crippen LogP contribution is -2.30. The van der Waals surface area contributed by atoms with Crippen LogP contribution in [0, 0.1) is 5.92 Å². The van der Waals surface area contributed by atoms with Crippen LogP contribution >= 0.6 is 0 Å². The van der Waals surface area contributed by atoms with Crippen LogP contribution in [-0.4, -0.2) is 37.6 Å². The Labute approximate surface area is 70.0 Å². The minimum Gasteiger partial charge on any atom is -0.316 e. The molecule has 0 aliphatic carbocycles. The number of nitrogens with one attached hydrogen (secondary N) is 1. The van der Waals surface area contributed by atoms with E-state index in [-0.39, 0.29) is 0 Å². The zero-order chi connectivity index (χ0) is 8.10. The summed E-state index contributed by atoms with van der Waals surface area (Å²) >= 11 is 0. The second-order valence-electron chi connectivity index (χ2n) is 3.34. The molecule has 1 aliphatic heterocycles. The van der Waals surface area contributed by atoms with Crippen molar-refractivity contribution >= 4 is 0 Å². The number of rotatable bonds is 4. The van der Waals surface area contributed by atoms with Gasteiger partial charge in [0.15, 0.2) is 0 Å². The standard InChI is InChI=1S/C9H20N2/c1-3-11(4-2)8-9-5-6-10-7-9/h9-10H,3-8H2,1-2H3/t9-/m1/s1. The molecular formula is C9H20N2. The Bertz CT molecular complexity index is 93.7. The van der Waals surface area contributed by atoms with Gasteiger partial charge in [-0.25, -0.2) is 0 Å². The third-order valence-electron chi connectivity index (χ3n) is 2.57. The van der Waals surface area contributed by atoms with Gasteiger partial charge in [0.05, 0.1) is 0 Å². The van der Waals surface area contributed by atoms with Gasteiger partial charge in [-0.05, 0) is 38.5 Å². The maximum Gasteiger partial charge on any atom is 0.00220 e. The summed E-state index contributed by atoms with van der Waals surface area (Å²) in [7, 11) is 0. The van der Waals surface area contributed by atoms with E-state index in [1.807, 2.05) is 0 Å². The van der Waals surface area contributed by atoms with E-state index in [0.29, 0.717) is 0 Å². The minimum absolute atomic E-state index is 0.912. The molecule has 0 aromatic heterocycles. The maximum atomic E-state index is 3.40. The molecule has 1 aliphatic rings. The molecule has 1 fully saturated rings. The minimum atomic E-state index is 0.912. The van der Waals surface area contributed by atoms with Gasteiger partial charge in [-0.3, -0.25) is 0 Å². The number of nitrogens with zero attached hydrogens (tertiary/aromatic N) is 1. The van der Waals surface area contributed by atoms with E-state index in [2.05, 4.69) is 24.1 Å². The van der Waals surface area contributed by atoms with Gasteiger partial charge in [0.1, 0.15) is 0 Å². The molecule has 0 saturated carbocycles. The van der Waals surface area contributed by atoms with E-state index in [1.54, 1.807) is 0 Å². The molecule has 1 heterocycles. The summed E-state index contributed by atoms with van der Waals surface area (Å²) in [5.41, 5.74) is 0. The first kappa shape index (κ1) is 9.01. The Kier molecular flexibility index (Phi) is 3.87. The smallest absolute Gasteiger partial charge is 0.00220 e. The normalized spacial score (nSPS) is 24.8. The Morgan fingerprint density at radius 3 is 2.55 bits per heavy atom. The molecule has 0 amide bonds. The fourth-order valence-corrected chi connectivity index (χ4v) is 1.72. The van der Waals surface area contributed by atoms with Crippen LogP contribution in [-0.2, 0) is 0 Å². The van der Waals surface area contributed by atoms with Gasteiger partial charge in [-0.2, -0.15) is 0 Å². The van der Waals surface area contributed by atoms with Crippen LogP contribution in [0.25, 0.3) is 0 Å². The second kappa shape index (κ2) is 4.73. The summed E-state index contributed by atoms with van der Waals surface area (Å²) in [4.78, 5) is 2.51. The molecule has 0 unspecified atom stereocenters. The summed E-state index contributed by atoms with van der Waals surface area (Å²) in [5, 5.41) is 3.40. The van der Waals surface area contributed by atoms with Crippen molar-refractivity contribution < 1.29 is 0 Å². The first-order valence-electron chi connectivity index (χ1n) is 4.79. The third kappa shape index (κ3) is 2.80. The lowest BCUT2D eigenvalue weighted by atomic mass is 10.1. The van der Waals surface area contributed by atoms with E-state index in [1.165, 1.54) is 39.1 Å². The van der Waals surface area contributed by atoms with Gasteiger partial charge < -0.3 is 10.2 Å². The monoisotopic (exact) mass is 156 g/mol. The SMILES string of the molecule is CCN(CC)C[C@@H]1CCNC1. The molecule has 1 saturated heterocycles. The number of hydrogen-bond acceptors (Lipinski definition) is 2. The van der Waals surface area contributed by atoms with Gasteiger partial charge in [0.2, 0.25) is 0 Å². The fourth-order valence-electron chi connectivity index (χ4n) is 1.72. The predicted molar refractivity (Wildman–Crippen MR) is 48.8 cm³/mol. The highest BCUT2D eigenvalue weighted by atomic mass is 15.1. The van der Waals surface area contributed by atoms with Crippen molar-refractivity contribution in [3.63, 3.8) is 0 Å². The predicted octanol–water partition coefficient (Wildman–Crippen LogP) is 0.938. The van der Waals surface area contributed by atoms with Crippen molar-refractivity contribution in [1.82, 2.24) is 10.2 Å². The highest BCUT2D eigenvalue weighted by molar-refractivity contribution is 4.73. The quantitative estimate of drug-likeness (QED) is 0.651. The molecule has 1 N–H and O–H groups in total. The van der Waals surface area contributed by atoms with Crippen LogP contribution in [0.3, 0.4) is 0 Å². The summed E-state index contributed by atoms with van der Waals surface area (Å²) in [6.07, 6.45) is 1.37. The molecule has 1 rings (SSSR count). The van der Waals surface area contributed by atoms with Crippen LogP contribution < -0.4 is 5.32 Å². The second-order valence-corrected chi connectivity index (χ2v) is 3.34. The molecule has 66 valence electrons. The van der Waals surface area contributed by atoms with E-state index in [9.17, 15) is 0 Å².